The second-order valence-corrected chi connectivity index (χ2v) is 9.77. The van der Waals surface area contributed by atoms with Crippen molar-refractivity contribution in [2.24, 2.45) is 5.16 Å². The number of aromatic nitrogens is 2. The molecule has 178 valence electrons. The van der Waals surface area contributed by atoms with Gasteiger partial charge in [0.25, 0.3) is 11.8 Å². The summed E-state index contributed by atoms with van der Waals surface area (Å²) < 4.78 is 27.5. The Morgan fingerprint density at radius 3 is 2.74 bits per heavy atom. The van der Waals surface area contributed by atoms with Crippen LogP contribution in [0, 0.1) is 11.6 Å². The van der Waals surface area contributed by atoms with E-state index in [4.69, 9.17) is 17.3 Å². The van der Waals surface area contributed by atoms with Gasteiger partial charge in [-0.25, -0.2) is 18.6 Å². The first-order valence-electron chi connectivity index (χ1n) is 9.35. The van der Waals surface area contributed by atoms with Gasteiger partial charge in [0.1, 0.15) is 21.8 Å². The Balaban J connectivity index is 1.55. The predicted octanol–water partition coefficient (Wildman–Crippen LogP) is 1.81. The van der Waals surface area contributed by atoms with Gasteiger partial charge in [-0.2, -0.15) is 0 Å². The molecule has 1 saturated heterocycles. The van der Waals surface area contributed by atoms with Crippen molar-refractivity contribution in [2.75, 3.05) is 5.73 Å². The van der Waals surface area contributed by atoms with E-state index in [0.717, 1.165) is 22.4 Å². The number of amides is 2. The van der Waals surface area contributed by atoms with Crippen molar-refractivity contribution in [1.82, 2.24) is 20.2 Å². The van der Waals surface area contributed by atoms with Crippen molar-refractivity contribution in [2.45, 2.75) is 29.8 Å². The maximum atomic E-state index is 14.0. The number of thioether (sulfide) groups is 1. The van der Waals surface area contributed by atoms with Crippen molar-refractivity contribution in [3.05, 3.63) is 44.7 Å². The first-order chi connectivity index (χ1) is 16.1. The number of carbonyl (C=O) groups excluding carboxylic acids is 2. The number of allylic oxidation sites excluding steroid dienone is 1. The Labute approximate surface area is 202 Å². The number of carboxylic acid groups (broad SMARTS) is 1. The van der Waals surface area contributed by atoms with Crippen LogP contribution < -0.4 is 11.1 Å². The van der Waals surface area contributed by atoms with E-state index < -0.39 is 52.9 Å². The summed E-state index contributed by atoms with van der Waals surface area (Å²) in [6, 6.07) is -1.84. The van der Waals surface area contributed by atoms with Gasteiger partial charge in [0.15, 0.2) is 22.5 Å². The number of aliphatic carboxylic acids is 1. The molecule has 0 spiro atoms. The molecule has 0 aliphatic carbocycles. The van der Waals surface area contributed by atoms with Crippen molar-refractivity contribution < 1.29 is 33.5 Å². The fraction of sp³-hybridized carbons (Fsp3) is 0.222. The van der Waals surface area contributed by atoms with E-state index in [2.05, 4.69) is 20.4 Å². The maximum Gasteiger partial charge on any atom is 0.353 e. The topological polar surface area (TPSA) is 171 Å². The Morgan fingerprint density at radius 2 is 2.12 bits per heavy atom. The zero-order valence-corrected chi connectivity index (χ0v) is 19.0. The summed E-state index contributed by atoms with van der Waals surface area (Å²) in [6.45, 7) is 0. The van der Waals surface area contributed by atoms with E-state index in [9.17, 15) is 33.5 Å². The normalized spacial score (nSPS) is 20.1. The Bertz CT molecular complexity index is 1290. The van der Waals surface area contributed by atoms with Gasteiger partial charge in [-0.15, -0.1) is 0 Å². The summed E-state index contributed by atoms with van der Waals surface area (Å²) in [5.74, 6) is -5.54. The quantitative estimate of drug-likeness (QED) is 0.188. The van der Waals surface area contributed by atoms with Crippen LogP contribution in [0.1, 0.15) is 18.5 Å². The van der Waals surface area contributed by atoms with Crippen molar-refractivity contribution >= 4 is 63.3 Å². The number of rotatable bonds is 6. The number of pyridine rings is 1. The summed E-state index contributed by atoms with van der Waals surface area (Å²) in [5, 5.41) is 24.3. The number of halogens is 3. The average molecular weight is 531 g/mol. The fourth-order valence-electron chi connectivity index (χ4n) is 3.61. The van der Waals surface area contributed by atoms with Crippen molar-refractivity contribution in [3.8, 4) is 0 Å². The molecule has 16 heteroatoms. The first kappa shape index (κ1) is 23.8. The Morgan fingerprint density at radius 1 is 1.38 bits per heavy atom. The molecule has 5 N–H and O–H groups in total. The molecule has 11 nitrogen and oxygen atoms in total. The van der Waals surface area contributed by atoms with Crippen LogP contribution in [0.15, 0.2) is 33.0 Å². The molecule has 2 aromatic heterocycles. The summed E-state index contributed by atoms with van der Waals surface area (Å²) in [5.41, 5.74) is 4.39. The molecule has 0 radical (unpaired) electrons. The van der Waals surface area contributed by atoms with Crippen LogP contribution in [0.4, 0.5) is 13.9 Å². The molecule has 2 aliphatic rings. The highest BCUT2D eigenvalue weighted by molar-refractivity contribution is 8.03. The smallest absolute Gasteiger partial charge is 0.353 e. The highest BCUT2D eigenvalue weighted by Crippen LogP contribution is 2.43. The molecule has 0 aromatic carbocycles. The van der Waals surface area contributed by atoms with E-state index in [1.165, 1.54) is 0 Å². The number of hydrogen-bond acceptors (Lipinski definition) is 10. The second kappa shape index (κ2) is 9.15. The Hall–Kier alpha value is -3.30. The molecule has 0 unspecified atom stereocenters. The molecule has 34 heavy (non-hydrogen) atoms. The minimum Gasteiger partial charge on any atom is -0.477 e. The summed E-state index contributed by atoms with van der Waals surface area (Å²) in [6.07, 6.45) is 2.06. The van der Waals surface area contributed by atoms with Gasteiger partial charge in [-0.05, 0) is 12.8 Å². The standard InChI is InChI=1S/C18H13ClF2N6O5S2/c19-14-11(25-18(22)34-14)12(26-32)15(28)24-10-6-1-2-7(13(17(30)31)27(6)16(10)29)33-8-4-23-3-5(20)9(8)21/h3-4,6,10,32H,1-2H2,(H2,22,25)(H,24,28)(H,30,31)/b26-12-/t6-,10+/m1/s1. The number of hydrogen-bond donors (Lipinski definition) is 4. The number of nitrogen functional groups attached to an aromatic ring is 1. The molecule has 0 saturated carbocycles. The van der Waals surface area contributed by atoms with Crippen LogP contribution in [0.5, 0.6) is 0 Å². The highest BCUT2D eigenvalue weighted by atomic mass is 35.5. The van der Waals surface area contributed by atoms with Crippen molar-refractivity contribution in [3.63, 3.8) is 0 Å². The van der Waals surface area contributed by atoms with Gasteiger partial charge >= 0.3 is 5.97 Å². The lowest BCUT2D eigenvalue weighted by Crippen LogP contribution is -2.72. The third kappa shape index (κ3) is 4.05. The number of carbonyl (C=O) groups is 3. The van der Waals surface area contributed by atoms with E-state index in [1.54, 1.807) is 0 Å². The molecule has 2 aliphatic heterocycles. The summed E-state index contributed by atoms with van der Waals surface area (Å²) >= 11 is 7.46. The minimum absolute atomic E-state index is 0.00323. The minimum atomic E-state index is -1.45. The summed E-state index contributed by atoms with van der Waals surface area (Å²) in [7, 11) is 0. The number of carboxylic acids is 1. The lowest BCUT2D eigenvalue weighted by atomic mass is 9.86. The molecular formula is C18H13ClF2N6O5S2. The molecule has 1 fully saturated rings. The molecule has 4 rings (SSSR count). The lowest BCUT2D eigenvalue weighted by molar-refractivity contribution is -0.155. The number of thiazole rings is 1. The zero-order chi connectivity index (χ0) is 24.7. The third-order valence-electron chi connectivity index (χ3n) is 5.06. The molecular weight excluding hydrogens is 518 g/mol. The Kier molecular flexibility index (Phi) is 6.42. The molecule has 2 aromatic rings. The number of nitrogens with zero attached hydrogens (tertiary/aromatic N) is 4. The van der Waals surface area contributed by atoms with Crippen LogP contribution in [-0.4, -0.2) is 60.8 Å². The van der Waals surface area contributed by atoms with E-state index in [-0.39, 0.29) is 37.8 Å². The van der Waals surface area contributed by atoms with Crippen LogP contribution in [0.3, 0.4) is 0 Å². The van der Waals surface area contributed by atoms with Gasteiger partial charge in [0.2, 0.25) is 0 Å². The number of β-lactam (4-membered cyclic amide) rings is 1. The molecule has 4 heterocycles. The van der Waals surface area contributed by atoms with Crippen LogP contribution in [0.2, 0.25) is 4.34 Å². The van der Waals surface area contributed by atoms with Gasteiger partial charge in [-0.3, -0.25) is 19.5 Å². The number of anilines is 1. The molecule has 2 amide bonds. The number of oxime groups is 1. The lowest BCUT2D eigenvalue weighted by Gasteiger charge is -2.50. The average Bonchev–Trinajstić information content (AvgIpc) is 3.12. The van der Waals surface area contributed by atoms with E-state index >= 15 is 0 Å². The van der Waals surface area contributed by atoms with Crippen LogP contribution in [-0.2, 0) is 14.4 Å². The van der Waals surface area contributed by atoms with Gasteiger partial charge in [0.05, 0.1) is 17.1 Å². The van der Waals surface area contributed by atoms with Gasteiger partial charge < -0.3 is 21.4 Å². The summed E-state index contributed by atoms with van der Waals surface area (Å²) in [4.78, 5) is 45.6. The zero-order valence-electron chi connectivity index (χ0n) is 16.7. The maximum absolute atomic E-state index is 14.0. The van der Waals surface area contributed by atoms with Crippen LogP contribution >= 0.6 is 34.7 Å². The second-order valence-electron chi connectivity index (χ2n) is 7.00. The van der Waals surface area contributed by atoms with E-state index in [0.29, 0.717) is 18.0 Å². The first-order valence-corrected chi connectivity index (χ1v) is 11.4. The highest BCUT2D eigenvalue weighted by Gasteiger charge is 2.54. The monoisotopic (exact) mass is 530 g/mol. The molecule has 2 atom stereocenters. The van der Waals surface area contributed by atoms with Gasteiger partial charge in [0, 0.05) is 11.1 Å². The number of nitrogens with two attached hydrogens (primary N) is 1. The largest absolute Gasteiger partial charge is 0.477 e. The third-order valence-corrected chi connectivity index (χ3v) is 7.29. The van der Waals surface area contributed by atoms with E-state index in [1.807, 2.05) is 0 Å². The number of nitrogens with one attached hydrogen (secondary N) is 1. The fourth-order valence-corrected chi connectivity index (χ4v) is 5.60. The van der Waals surface area contributed by atoms with Gasteiger partial charge in [-0.1, -0.05) is 39.9 Å². The van der Waals surface area contributed by atoms with Crippen molar-refractivity contribution in [1.29, 1.82) is 0 Å². The number of fused-ring (bicyclic) bond motifs is 1. The molecule has 0 bridgehead atoms. The van der Waals surface area contributed by atoms with Crippen LogP contribution in [0.25, 0.3) is 0 Å². The SMILES string of the molecule is Nc1nc(/C(=N/O)C(=O)N[C@@H]2C(=O)N3C(C(=O)O)=C(Sc4cncc(F)c4F)CC[C@H]23)c(Cl)s1. The predicted molar refractivity (Wildman–Crippen MR) is 116 cm³/mol.